The molecule has 1 aliphatic rings. The van der Waals surface area contributed by atoms with Crippen molar-refractivity contribution >= 4 is 6.09 Å². The molecular formula is C19H29NO2. The monoisotopic (exact) mass is 303 g/mol. The number of carbonyl (C=O) groups excluding carboxylic acids is 1. The second-order valence-electron chi connectivity index (χ2n) is 6.29. The van der Waals surface area contributed by atoms with E-state index in [0.717, 1.165) is 31.2 Å². The van der Waals surface area contributed by atoms with Crippen LogP contribution < -0.4 is 10.1 Å². The molecule has 1 saturated carbocycles. The topological polar surface area (TPSA) is 38.3 Å². The molecule has 1 N–H and O–H groups in total. The van der Waals surface area contributed by atoms with Gasteiger partial charge in [0.15, 0.2) is 0 Å². The van der Waals surface area contributed by atoms with Crippen LogP contribution in [-0.2, 0) is 6.42 Å². The predicted molar refractivity (Wildman–Crippen MR) is 90.3 cm³/mol. The van der Waals surface area contributed by atoms with Crippen LogP contribution in [0.1, 0.15) is 70.3 Å². The summed E-state index contributed by atoms with van der Waals surface area (Å²) in [4.78, 5) is 12.1. The summed E-state index contributed by atoms with van der Waals surface area (Å²) in [5, 5.41) is 3.01. The zero-order chi connectivity index (χ0) is 15.6. The van der Waals surface area contributed by atoms with Gasteiger partial charge in [-0.15, -0.1) is 0 Å². The van der Waals surface area contributed by atoms with Crippen LogP contribution in [0.3, 0.4) is 0 Å². The third-order valence-electron chi connectivity index (χ3n) is 4.40. The molecule has 3 nitrogen and oxygen atoms in total. The Morgan fingerprint density at radius 2 is 1.91 bits per heavy atom. The number of benzene rings is 1. The molecule has 22 heavy (non-hydrogen) atoms. The highest BCUT2D eigenvalue weighted by molar-refractivity contribution is 5.71. The van der Waals surface area contributed by atoms with Gasteiger partial charge in [-0.25, -0.2) is 4.79 Å². The average Bonchev–Trinajstić information content (AvgIpc) is 2.54. The van der Waals surface area contributed by atoms with E-state index in [9.17, 15) is 4.79 Å². The third kappa shape index (κ3) is 5.70. The maximum atomic E-state index is 12.1. The second kappa shape index (κ2) is 9.50. The molecule has 1 aliphatic carbocycles. The Hall–Kier alpha value is -1.51. The molecule has 1 aromatic rings. The van der Waals surface area contributed by atoms with Gasteiger partial charge in [-0.2, -0.15) is 0 Å². The van der Waals surface area contributed by atoms with E-state index in [2.05, 4.69) is 18.3 Å². The highest BCUT2D eigenvalue weighted by Crippen LogP contribution is 2.22. The highest BCUT2D eigenvalue weighted by atomic mass is 16.6. The van der Waals surface area contributed by atoms with Crippen molar-refractivity contribution in [3.05, 3.63) is 29.8 Å². The number of unbranched alkanes of at least 4 members (excludes halogenated alkanes) is 3. The van der Waals surface area contributed by atoms with Crippen LogP contribution in [0.2, 0.25) is 0 Å². The number of amides is 1. The predicted octanol–water partition coefficient (Wildman–Crippen LogP) is 5.23. The zero-order valence-corrected chi connectivity index (χ0v) is 13.8. The van der Waals surface area contributed by atoms with Crippen LogP contribution in [0.5, 0.6) is 5.75 Å². The number of ether oxygens (including phenoxy) is 1. The van der Waals surface area contributed by atoms with Crippen LogP contribution in [-0.4, -0.2) is 12.1 Å². The van der Waals surface area contributed by atoms with E-state index in [4.69, 9.17) is 4.74 Å². The Kier molecular flexibility index (Phi) is 7.27. The van der Waals surface area contributed by atoms with Crippen molar-refractivity contribution in [3.63, 3.8) is 0 Å². The average molecular weight is 303 g/mol. The minimum Gasteiger partial charge on any atom is -0.410 e. The van der Waals surface area contributed by atoms with Gasteiger partial charge < -0.3 is 10.1 Å². The first-order chi connectivity index (χ1) is 10.8. The van der Waals surface area contributed by atoms with Crippen molar-refractivity contribution in [1.82, 2.24) is 5.32 Å². The van der Waals surface area contributed by atoms with Gasteiger partial charge in [-0.05, 0) is 37.3 Å². The summed E-state index contributed by atoms with van der Waals surface area (Å²) in [6.45, 7) is 2.21. The van der Waals surface area contributed by atoms with E-state index in [0.29, 0.717) is 5.75 Å². The van der Waals surface area contributed by atoms with Gasteiger partial charge in [0.2, 0.25) is 0 Å². The normalized spacial score (nSPS) is 15.5. The summed E-state index contributed by atoms with van der Waals surface area (Å²) < 4.78 is 5.56. The molecule has 0 spiro atoms. The molecule has 0 saturated heterocycles. The fourth-order valence-corrected chi connectivity index (χ4v) is 3.10. The molecule has 3 heteroatoms. The van der Waals surface area contributed by atoms with Crippen LogP contribution >= 0.6 is 0 Å². The third-order valence-corrected chi connectivity index (χ3v) is 4.40. The van der Waals surface area contributed by atoms with E-state index in [1.165, 1.54) is 38.5 Å². The molecular weight excluding hydrogens is 274 g/mol. The Labute approximate surface area is 134 Å². The summed E-state index contributed by atoms with van der Waals surface area (Å²) in [5.41, 5.74) is 1.14. The summed E-state index contributed by atoms with van der Waals surface area (Å²) in [5.74, 6) is 0.715. The van der Waals surface area contributed by atoms with Crippen LogP contribution in [0, 0.1) is 0 Å². The van der Waals surface area contributed by atoms with E-state index < -0.39 is 0 Å². The van der Waals surface area contributed by atoms with Crippen LogP contribution in [0.15, 0.2) is 24.3 Å². The van der Waals surface area contributed by atoms with Crippen molar-refractivity contribution in [3.8, 4) is 5.75 Å². The largest absolute Gasteiger partial charge is 0.412 e. The van der Waals surface area contributed by atoms with E-state index >= 15 is 0 Å². The van der Waals surface area contributed by atoms with Gasteiger partial charge in [0, 0.05) is 6.04 Å². The van der Waals surface area contributed by atoms with Gasteiger partial charge in [-0.1, -0.05) is 63.6 Å². The quantitative estimate of drug-likeness (QED) is 0.700. The Balaban J connectivity index is 1.83. The van der Waals surface area contributed by atoms with Crippen molar-refractivity contribution in [2.45, 2.75) is 77.2 Å². The minimum absolute atomic E-state index is 0.290. The van der Waals surface area contributed by atoms with E-state index in [1.54, 1.807) is 0 Å². The highest BCUT2D eigenvalue weighted by Gasteiger charge is 2.17. The van der Waals surface area contributed by atoms with E-state index in [-0.39, 0.29) is 12.1 Å². The molecule has 0 aliphatic heterocycles. The summed E-state index contributed by atoms with van der Waals surface area (Å²) in [7, 11) is 0. The molecule has 1 fully saturated rings. The fourth-order valence-electron chi connectivity index (χ4n) is 3.10. The summed E-state index contributed by atoms with van der Waals surface area (Å²) in [6, 6.07) is 8.20. The van der Waals surface area contributed by atoms with Crippen molar-refractivity contribution < 1.29 is 9.53 Å². The lowest BCUT2D eigenvalue weighted by Crippen LogP contribution is -2.38. The first kappa shape index (κ1) is 16.9. The molecule has 1 amide bonds. The maximum absolute atomic E-state index is 12.1. The molecule has 1 aromatic carbocycles. The molecule has 0 heterocycles. The summed E-state index contributed by atoms with van der Waals surface area (Å²) in [6.07, 6.45) is 11.4. The lowest BCUT2D eigenvalue weighted by atomic mass is 9.96. The Bertz CT molecular complexity index is 453. The van der Waals surface area contributed by atoms with Gasteiger partial charge in [-0.3, -0.25) is 0 Å². The lowest BCUT2D eigenvalue weighted by Gasteiger charge is -2.22. The molecule has 0 bridgehead atoms. The number of para-hydroxylation sites is 1. The van der Waals surface area contributed by atoms with Gasteiger partial charge in [0.05, 0.1) is 0 Å². The first-order valence-electron chi connectivity index (χ1n) is 8.86. The summed E-state index contributed by atoms with van der Waals surface area (Å²) >= 11 is 0. The molecule has 0 atom stereocenters. The Morgan fingerprint density at radius 3 is 2.68 bits per heavy atom. The SMILES string of the molecule is CCCCCCc1ccccc1OC(=O)NC1CCCCC1. The molecule has 0 unspecified atom stereocenters. The second-order valence-corrected chi connectivity index (χ2v) is 6.29. The van der Waals surface area contributed by atoms with Crippen molar-refractivity contribution in [2.75, 3.05) is 0 Å². The van der Waals surface area contributed by atoms with Gasteiger partial charge >= 0.3 is 6.09 Å². The number of aryl methyl sites for hydroxylation is 1. The Morgan fingerprint density at radius 1 is 1.14 bits per heavy atom. The van der Waals surface area contributed by atoms with Gasteiger partial charge in [0.25, 0.3) is 0 Å². The number of rotatable bonds is 7. The van der Waals surface area contributed by atoms with Crippen LogP contribution in [0.25, 0.3) is 0 Å². The fraction of sp³-hybridized carbons (Fsp3) is 0.632. The molecule has 2 rings (SSSR count). The van der Waals surface area contributed by atoms with E-state index in [1.807, 2.05) is 18.2 Å². The number of carbonyl (C=O) groups is 1. The first-order valence-corrected chi connectivity index (χ1v) is 8.86. The van der Waals surface area contributed by atoms with Gasteiger partial charge in [0.1, 0.15) is 5.75 Å². The maximum Gasteiger partial charge on any atom is 0.412 e. The lowest BCUT2D eigenvalue weighted by molar-refractivity contribution is 0.191. The van der Waals surface area contributed by atoms with Crippen LogP contribution in [0.4, 0.5) is 4.79 Å². The minimum atomic E-state index is -0.298. The zero-order valence-electron chi connectivity index (χ0n) is 13.8. The van der Waals surface area contributed by atoms with Crippen molar-refractivity contribution in [1.29, 1.82) is 0 Å². The number of hydrogen-bond donors (Lipinski definition) is 1. The molecule has 0 radical (unpaired) electrons. The molecule has 122 valence electrons. The number of hydrogen-bond acceptors (Lipinski definition) is 2. The van der Waals surface area contributed by atoms with Crippen molar-refractivity contribution in [2.24, 2.45) is 0 Å². The molecule has 0 aromatic heterocycles. The smallest absolute Gasteiger partial charge is 0.410 e. The standard InChI is InChI=1S/C19H29NO2/c1-2-3-4-6-11-16-12-9-10-15-18(16)22-19(21)20-17-13-7-5-8-14-17/h9-10,12,15,17H,2-8,11,13-14H2,1H3,(H,20,21). The number of nitrogens with one attached hydrogen (secondary N) is 1.